The van der Waals surface area contributed by atoms with Crippen molar-refractivity contribution in [2.75, 3.05) is 26.2 Å². The van der Waals surface area contributed by atoms with Gasteiger partial charge in [-0.3, -0.25) is 4.84 Å². The Morgan fingerprint density at radius 1 is 0.806 bits per heavy atom. The SMILES string of the molecule is C=C1NCCCCCCCCCCCCNCC12CC(C)(C)N(OCCC)C(C)(C)C2. The minimum Gasteiger partial charge on any atom is -0.388 e. The molecule has 2 heterocycles. The first kappa shape index (κ1) is 26.7. The van der Waals surface area contributed by atoms with Crippen molar-refractivity contribution in [2.45, 2.75) is 129 Å². The van der Waals surface area contributed by atoms with Gasteiger partial charge in [-0.1, -0.05) is 64.9 Å². The number of hydrogen-bond acceptors (Lipinski definition) is 4. The lowest BCUT2D eigenvalue weighted by Gasteiger charge is -2.59. The Morgan fingerprint density at radius 2 is 1.29 bits per heavy atom. The smallest absolute Gasteiger partial charge is 0.0683 e. The maximum Gasteiger partial charge on any atom is 0.0683 e. The lowest BCUT2D eigenvalue weighted by atomic mass is 9.63. The predicted molar refractivity (Wildman–Crippen MR) is 134 cm³/mol. The highest BCUT2D eigenvalue weighted by atomic mass is 16.7. The summed E-state index contributed by atoms with van der Waals surface area (Å²) in [6.07, 6.45) is 16.8. The number of hydroxylamine groups is 2. The first-order chi connectivity index (χ1) is 14.7. The van der Waals surface area contributed by atoms with E-state index in [1.54, 1.807) is 0 Å². The van der Waals surface area contributed by atoms with E-state index in [2.05, 4.69) is 56.9 Å². The zero-order chi connectivity index (χ0) is 22.8. The van der Waals surface area contributed by atoms with E-state index in [4.69, 9.17) is 4.84 Å². The highest BCUT2D eigenvalue weighted by molar-refractivity contribution is 5.18. The van der Waals surface area contributed by atoms with Gasteiger partial charge in [-0.05, 0) is 66.3 Å². The van der Waals surface area contributed by atoms with E-state index >= 15 is 0 Å². The van der Waals surface area contributed by atoms with Crippen LogP contribution in [0, 0.1) is 5.41 Å². The maximum atomic E-state index is 6.30. The van der Waals surface area contributed by atoms with Gasteiger partial charge in [0.15, 0.2) is 0 Å². The Kier molecular flexibility index (Phi) is 10.8. The average Bonchev–Trinajstić information content (AvgIpc) is 2.68. The molecule has 2 aliphatic heterocycles. The molecular weight excluding hydrogens is 382 g/mol. The summed E-state index contributed by atoms with van der Waals surface area (Å²) < 4.78 is 0. The molecule has 0 aliphatic carbocycles. The van der Waals surface area contributed by atoms with Crippen LogP contribution in [0.2, 0.25) is 0 Å². The summed E-state index contributed by atoms with van der Waals surface area (Å²) in [5, 5.41) is 9.92. The minimum atomic E-state index is -0.0397. The molecule has 0 aromatic carbocycles. The number of piperidine rings is 1. The van der Waals surface area contributed by atoms with Crippen LogP contribution >= 0.6 is 0 Å². The van der Waals surface area contributed by atoms with Crippen molar-refractivity contribution < 1.29 is 4.84 Å². The molecule has 0 atom stereocenters. The molecule has 182 valence electrons. The van der Waals surface area contributed by atoms with Gasteiger partial charge in [0.25, 0.3) is 0 Å². The van der Waals surface area contributed by atoms with Crippen molar-refractivity contribution >= 4 is 0 Å². The van der Waals surface area contributed by atoms with Crippen molar-refractivity contribution in [1.82, 2.24) is 15.7 Å². The lowest BCUT2D eigenvalue weighted by Crippen LogP contribution is -2.65. The molecule has 0 saturated carbocycles. The summed E-state index contributed by atoms with van der Waals surface area (Å²) in [5.41, 5.74) is 1.21. The second-order valence-corrected chi connectivity index (χ2v) is 11.5. The number of nitrogens with zero attached hydrogens (tertiary/aromatic N) is 1. The summed E-state index contributed by atoms with van der Waals surface area (Å²) >= 11 is 0. The summed E-state index contributed by atoms with van der Waals surface area (Å²) in [6.45, 7) is 20.2. The number of hydrogen-bond donors (Lipinski definition) is 2. The van der Waals surface area contributed by atoms with E-state index in [0.29, 0.717) is 0 Å². The molecule has 4 heteroatoms. The summed E-state index contributed by atoms with van der Waals surface area (Å²) in [5.74, 6) is 0. The molecule has 0 unspecified atom stereocenters. The van der Waals surface area contributed by atoms with Gasteiger partial charge in [0.2, 0.25) is 0 Å². The third-order valence-corrected chi connectivity index (χ3v) is 7.29. The molecular formula is C27H53N3O. The van der Waals surface area contributed by atoms with Crippen LogP contribution in [0.3, 0.4) is 0 Å². The fraction of sp³-hybridized carbons (Fsp3) is 0.926. The van der Waals surface area contributed by atoms with Crippen LogP contribution in [-0.4, -0.2) is 42.4 Å². The van der Waals surface area contributed by atoms with Crippen LogP contribution in [0.1, 0.15) is 118 Å². The van der Waals surface area contributed by atoms with E-state index < -0.39 is 0 Å². The largest absolute Gasteiger partial charge is 0.388 e. The van der Waals surface area contributed by atoms with E-state index in [-0.39, 0.29) is 16.5 Å². The standard InChI is InChI=1S/C27H53N3O/c1-7-20-31-30-25(3,4)21-27(22-26(30,5)6)23-28-18-16-14-12-10-8-9-11-13-15-17-19-29-24(27)2/h28-29H,2,7-23H2,1,3-6H3. The second-order valence-electron chi connectivity index (χ2n) is 11.5. The van der Waals surface area contributed by atoms with Gasteiger partial charge in [-0.25, -0.2) is 0 Å². The fourth-order valence-electron chi connectivity index (χ4n) is 6.20. The van der Waals surface area contributed by atoms with Crippen LogP contribution in [0.5, 0.6) is 0 Å². The Hall–Kier alpha value is -0.580. The Bertz CT molecular complexity index is 511. The first-order valence-corrected chi connectivity index (χ1v) is 13.3. The molecule has 2 rings (SSSR count). The first-order valence-electron chi connectivity index (χ1n) is 13.3. The predicted octanol–water partition coefficient (Wildman–Crippen LogP) is 6.57. The van der Waals surface area contributed by atoms with Gasteiger partial charge in [-0.15, -0.1) is 0 Å². The molecule has 2 aliphatic rings. The van der Waals surface area contributed by atoms with Gasteiger partial charge in [0.05, 0.1) is 6.61 Å². The molecule has 2 N–H and O–H groups in total. The third-order valence-electron chi connectivity index (χ3n) is 7.29. The van der Waals surface area contributed by atoms with Crippen LogP contribution in [0.25, 0.3) is 0 Å². The summed E-state index contributed by atoms with van der Waals surface area (Å²) in [6, 6.07) is 0. The van der Waals surface area contributed by atoms with Crippen molar-refractivity contribution in [3.05, 3.63) is 12.3 Å². The monoisotopic (exact) mass is 435 g/mol. The van der Waals surface area contributed by atoms with Gasteiger partial charge in [0.1, 0.15) is 0 Å². The molecule has 0 bridgehead atoms. The third kappa shape index (κ3) is 8.05. The maximum absolute atomic E-state index is 6.30. The van der Waals surface area contributed by atoms with Gasteiger partial charge < -0.3 is 10.6 Å². The van der Waals surface area contributed by atoms with E-state index in [9.17, 15) is 0 Å². The van der Waals surface area contributed by atoms with E-state index in [1.165, 1.54) is 69.9 Å². The zero-order valence-electron chi connectivity index (χ0n) is 21.6. The van der Waals surface area contributed by atoms with Crippen LogP contribution in [0.15, 0.2) is 12.3 Å². The Balaban J connectivity index is 2.14. The summed E-state index contributed by atoms with van der Waals surface area (Å²) in [4.78, 5) is 6.30. The number of nitrogens with one attached hydrogen (secondary N) is 2. The molecule has 4 nitrogen and oxygen atoms in total. The molecule has 0 aromatic rings. The highest BCUT2D eigenvalue weighted by Crippen LogP contribution is 2.50. The molecule has 1 spiro atoms. The molecule has 0 aromatic heterocycles. The van der Waals surface area contributed by atoms with Crippen molar-refractivity contribution in [2.24, 2.45) is 5.41 Å². The van der Waals surface area contributed by atoms with Crippen molar-refractivity contribution in [3.8, 4) is 0 Å². The van der Waals surface area contributed by atoms with Crippen LogP contribution < -0.4 is 10.6 Å². The summed E-state index contributed by atoms with van der Waals surface area (Å²) in [7, 11) is 0. The zero-order valence-corrected chi connectivity index (χ0v) is 21.6. The fourth-order valence-corrected chi connectivity index (χ4v) is 6.20. The average molecular weight is 436 g/mol. The second kappa shape index (κ2) is 12.6. The minimum absolute atomic E-state index is 0.0397. The molecule has 2 fully saturated rings. The molecule has 0 radical (unpaired) electrons. The topological polar surface area (TPSA) is 36.5 Å². The van der Waals surface area contributed by atoms with Crippen molar-refractivity contribution in [1.29, 1.82) is 0 Å². The van der Waals surface area contributed by atoms with Gasteiger partial charge in [0, 0.05) is 35.3 Å². The normalized spacial score (nSPS) is 26.8. The highest BCUT2D eigenvalue weighted by Gasteiger charge is 2.54. The Morgan fingerprint density at radius 3 is 1.81 bits per heavy atom. The molecule has 2 saturated heterocycles. The van der Waals surface area contributed by atoms with E-state index in [1.807, 2.05) is 0 Å². The van der Waals surface area contributed by atoms with E-state index in [0.717, 1.165) is 45.5 Å². The van der Waals surface area contributed by atoms with Crippen LogP contribution in [-0.2, 0) is 4.84 Å². The van der Waals surface area contributed by atoms with Crippen molar-refractivity contribution in [3.63, 3.8) is 0 Å². The van der Waals surface area contributed by atoms with Crippen LogP contribution in [0.4, 0.5) is 0 Å². The quantitative estimate of drug-likeness (QED) is 0.525. The molecule has 0 amide bonds. The van der Waals surface area contributed by atoms with Gasteiger partial charge >= 0.3 is 0 Å². The van der Waals surface area contributed by atoms with Gasteiger partial charge in [-0.2, -0.15) is 5.06 Å². The number of rotatable bonds is 3. The Labute approximate surface area is 193 Å². The molecule has 31 heavy (non-hydrogen) atoms. The lowest BCUT2D eigenvalue weighted by molar-refractivity contribution is -0.294.